The molecule has 2 amide bonds. The number of hydrogen-bond donors (Lipinski definition) is 1. The van der Waals surface area contributed by atoms with Crippen molar-refractivity contribution in [3.05, 3.63) is 18.5 Å². The molecule has 0 bridgehead atoms. The number of carbonyl (C=O) groups is 2. The van der Waals surface area contributed by atoms with Crippen LogP contribution in [0.4, 0.5) is 0 Å². The van der Waals surface area contributed by atoms with Gasteiger partial charge in [0.1, 0.15) is 6.04 Å². The van der Waals surface area contributed by atoms with Crippen LogP contribution in [0.15, 0.2) is 18.5 Å². The zero-order valence-electron chi connectivity index (χ0n) is 16.4. The third-order valence-electron chi connectivity index (χ3n) is 5.24. The van der Waals surface area contributed by atoms with Crippen LogP contribution in [0, 0.1) is 0 Å². The van der Waals surface area contributed by atoms with Crippen molar-refractivity contribution >= 4 is 11.8 Å². The van der Waals surface area contributed by atoms with E-state index < -0.39 is 6.04 Å². The Hall–Kier alpha value is -1.89. The SMILES string of the molecule is CC(C(=O)N(C)CC(=O)NCCCN(C)C1CCCCC1)n1cccn1. The Kier molecular flexibility index (Phi) is 8.09. The van der Waals surface area contributed by atoms with Gasteiger partial charge in [-0.2, -0.15) is 5.10 Å². The van der Waals surface area contributed by atoms with Crippen LogP contribution < -0.4 is 5.32 Å². The second kappa shape index (κ2) is 10.3. The molecular formula is C19H33N5O2. The van der Waals surface area contributed by atoms with Crippen molar-refractivity contribution in [1.29, 1.82) is 0 Å². The number of carbonyl (C=O) groups excluding carboxylic acids is 2. The van der Waals surface area contributed by atoms with Crippen molar-refractivity contribution in [2.24, 2.45) is 0 Å². The van der Waals surface area contributed by atoms with E-state index in [4.69, 9.17) is 0 Å². The van der Waals surface area contributed by atoms with Crippen LogP contribution in [0.1, 0.15) is 51.5 Å². The Bertz CT molecular complexity index is 554. The molecule has 2 rings (SSSR count). The zero-order valence-corrected chi connectivity index (χ0v) is 16.4. The average molecular weight is 364 g/mol. The van der Waals surface area contributed by atoms with Gasteiger partial charge >= 0.3 is 0 Å². The van der Waals surface area contributed by atoms with Crippen molar-refractivity contribution in [3.63, 3.8) is 0 Å². The summed E-state index contributed by atoms with van der Waals surface area (Å²) in [5.74, 6) is -0.241. The maximum absolute atomic E-state index is 12.3. The van der Waals surface area contributed by atoms with Crippen LogP contribution in [-0.2, 0) is 9.59 Å². The van der Waals surface area contributed by atoms with E-state index in [0.717, 1.165) is 13.0 Å². The van der Waals surface area contributed by atoms with Crippen LogP contribution >= 0.6 is 0 Å². The first-order valence-electron chi connectivity index (χ1n) is 9.70. The maximum Gasteiger partial charge on any atom is 0.247 e. The fourth-order valence-corrected chi connectivity index (χ4v) is 3.55. The Morgan fingerprint density at radius 1 is 1.27 bits per heavy atom. The molecule has 0 spiro atoms. The molecule has 1 aromatic heterocycles. The number of rotatable bonds is 9. The molecule has 1 fully saturated rings. The molecule has 1 atom stereocenters. The number of aromatic nitrogens is 2. The summed E-state index contributed by atoms with van der Waals surface area (Å²) >= 11 is 0. The molecule has 1 aromatic rings. The molecule has 1 aliphatic rings. The lowest BCUT2D eigenvalue weighted by Crippen LogP contribution is -2.42. The van der Waals surface area contributed by atoms with Crippen LogP contribution in [-0.4, -0.2) is 71.2 Å². The minimum atomic E-state index is -0.410. The van der Waals surface area contributed by atoms with E-state index in [-0.39, 0.29) is 18.4 Å². The highest BCUT2D eigenvalue weighted by Crippen LogP contribution is 2.21. The fraction of sp³-hybridized carbons (Fsp3) is 0.737. The highest BCUT2D eigenvalue weighted by molar-refractivity contribution is 5.86. The summed E-state index contributed by atoms with van der Waals surface area (Å²) < 4.78 is 1.60. The highest BCUT2D eigenvalue weighted by Gasteiger charge is 2.21. The van der Waals surface area contributed by atoms with E-state index in [9.17, 15) is 9.59 Å². The predicted octanol–water partition coefficient (Wildman–Crippen LogP) is 1.67. The van der Waals surface area contributed by atoms with Gasteiger partial charge in [-0.15, -0.1) is 0 Å². The van der Waals surface area contributed by atoms with Gasteiger partial charge in [-0.3, -0.25) is 14.3 Å². The summed E-state index contributed by atoms with van der Waals surface area (Å²) in [5, 5.41) is 7.00. The largest absolute Gasteiger partial charge is 0.355 e. The molecule has 0 radical (unpaired) electrons. The minimum Gasteiger partial charge on any atom is -0.355 e. The summed E-state index contributed by atoms with van der Waals surface area (Å²) in [7, 11) is 3.83. The monoisotopic (exact) mass is 363 g/mol. The third kappa shape index (κ3) is 6.12. The first-order chi connectivity index (χ1) is 12.5. The van der Waals surface area contributed by atoms with Crippen LogP contribution in [0.25, 0.3) is 0 Å². The van der Waals surface area contributed by atoms with Crippen molar-refractivity contribution < 1.29 is 9.59 Å². The maximum atomic E-state index is 12.3. The second-order valence-electron chi connectivity index (χ2n) is 7.33. The van der Waals surface area contributed by atoms with Gasteiger partial charge in [-0.1, -0.05) is 19.3 Å². The Balaban J connectivity index is 1.62. The van der Waals surface area contributed by atoms with Gasteiger partial charge in [0.05, 0.1) is 6.54 Å². The van der Waals surface area contributed by atoms with Gasteiger partial charge < -0.3 is 15.1 Å². The lowest BCUT2D eigenvalue weighted by atomic mass is 9.94. The standard InChI is InChI=1S/C19H33N5O2/c1-16(24-14-8-12-21-24)19(26)23(3)15-18(25)20-11-7-13-22(2)17-9-5-4-6-10-17/h8,12,14,16-17H,4-7,9-11,13,15H2,1-3H3,(H,20,25). The van der Waals surface area contributed by atoms with Gasteiger partial charge in [0.2, 0.25) is 11.8 Å². The van der Waals surface area contributed by atoms with Crippen LogP contribution in [0.2, 0.25) is 0 Å². The zero-order chi connectivity index (χ0) is 18.9. The second-order valence-corrected chi connectivity index (χ2v) is 7.33. The molecule has 7 heteroatoms. The highest BCUT2D eigenvalue weighted by atomic mass is 16.2. The smallest absolute Gasteiger partial charge is 0.247 e. The van der Waals surface area contributed by atoms with Gasteiger partial charge in [0, 0.05) is 32.0 Å². The van der Waals surface area contributed by atoms with E-state index in [1.54, 1.807) is 37.1 Å². The Morgan fingerprint density at radius 3 is 2.65 bits per heavy atom. The summed E-state index contributed by atoms with van der Waals surface area (Å²) in [6.45, 7) is 3.50. The van der Waals surface area contributed by atoms with Crippen molar-refractivity contribution in [2.45, 2.75) is 57.5 Å². The van der Waals surface area contributed by atoms with Crippen molar-refractivity contribution in [1.82, 2.24) is 24.9 Å². The quantitative estimate of drug-likeness (QED) is 0.678. The number of hydrogen-bond acceptors (Lipinski definition) is 4. The summed E-state index contributed by atoms with van der Waals surface area (Å²) in [5.41, 5.74) is 0. The van der Waals surface area contributed by atoms with Gasteiger partial charge in [0.25, 0.3) is 0 Å². The number of nitrogens with one attached hydrogen (secondary N) is 1. The molecule has 7 nitrogen and oxygen atoms in total. The van der Waals surface area contributed by atoms with Crippen LogP contribution in [0.5, 0.6) is 0 Å². The van der Waals surface area contributed by atoms with Crippen molar-refractivity contribution in [3.8, 4) is 0 Å². The van der Waals surface area contributed by atoms with Gasteiger partial charge in [-0.05, 0) is 45.8 Å². The van der Waals surface area contributed by atoms with E-state index in [2.05, 4.69) is 22.4 Å². The topological polar surface area (TPSA) is 70.5 Å². The Labute approximate surface area is 156 Å². The van der Waals surface area contributed by atoms with Gasteiger partial charge in [0.15, 0.2) is 0 Å². The molecular weight excluding hydrogens is 330 g/mol. The van der Waals surface area contributed by atoms with E-state index >= 15 is 0 Å². The minimum absolute atomic E-state index is 0.0723. The molecule has 1 N–H and O–H groups in total. The summed E-state index contributed by atoms with van der Waals surface area (Å²) in [6, 6.07) is 2.07. The molecule has 26 heavy (non-hydrogen) atoms. The molecule has 0 aromatic carbocycles. The first-order valence-corrected chi connectivity index (χ1v) is 9.70. The lowest BCUT2D eigenvalue weighted by Gasteiger charge is -2.31. The summed E-state index contributed by atoms with van der Waals surface area (Å²) in [4.78, 5) is 28.3. The predicted molar refractivity (Wildman–Crippen MR) is 102 cm³/mol. The lowest BCUT2D eigenvalue weighted by molar-refractivity contribution is -0.137. The molecule has 0 saturated heterocycles. The normalized spacial score (nSPS) is 16.5. The molecule has 1 saturated carbocycles. The van der Waals surface area contributed by atoms with E-state index in [1.807, 2.05) is 0 Å². The van der Waals surface area contributed by atoms with E-state index in [0.29, 0.717) is 12.6 Å². The van der Waals surface area contributed by atoms with Gasteiger partial charge in [-0.25, -0.2) is 0 Å². The number of nitrogens with zero attached hydrogens (tertiary/aromatic N) is 4. The molecule has 1 heterocycles. The average Bonchev–Trinajstić information content (AvgIpc) is 3.19. The fourth-order valence-electron chi connectivity index (χ4n) is 3.55. The molecule has 146 valence electrons. The number of likely N-dealkylation sites (N-methyl/N-ethyl adjacent to an activating group) is 1. The van der Waals surface area contributed by atoms with Crippen LogP contribution in [0.3, 0.4) is 0 Å². The van der Waals surface area contributed by atoms with E-state index in [1.165, 1.54) is 37.0 Å². The first kappa shape index (κ1) is 20.4. The molecule has 1 unspecified atom stereocenters. The Morgan fingerprint density at radius 2 is 2.00 bits per heavy atom. The molecule has 1 aliphatic carbocycles. The number of amides is 2. The molecule has 0 aliphatic heterocycles. The third-order valence-corrected chi connectivity index (χ3v) is 5.24. The van der Waals surface area contributed by atoms with Crippen molar-refractivity contribution in [2.75, 3.05) is 33.7 Å². The summed E-state index contributed by atoms with van der Waals surface area (Å²) in [6.07, 6.45) is 11.0.